The van der Waals surface area contributed by atoms with Crippen molar-refractivity contribution >= 4 is 39.7 Å². The Hall–Kier alpha value is -2.10. The second-order valence-corrected chi connectivity index (χ2v) is 5.72. The maximum absolute atomic E-state index is 12.6. The third kappa shape index (κ3) is 3.31. The Morgan fingerprint density at radius 3 is 2.35 bits per heavy atom. The minimum atomic E-state index is 0. The van der Waals surface area contributed by atoms with E-state index in [0.29, 0.717) is 6.54 Å². The minimum absolute atomic E-state index is 0. The Balaban J connectivity index is 0.00000192. The monoisotopic (exact) mass is 329 g/mol. The molecule has 0 aliphatic heterocycles. The number of halogens is 1. The van der Waals surface area contributed by atoms with Gasteiger partial charge in [0.15, 0.2) is 5.78 Å². The van der Waals surface area contributed by atoms with Gasteiger partial charge in [0.25, 0.3) is 0 Å². The first-order valence-electron chi connectivity index (χ1n) is 7.27. The van der Waals surface area contributed by atoms with Gasteiger partial charge in [-0.1, -0.05) is 30.3 Å². The molecule has 3 aromatic rings. The van der Waals surface area contributed by atoms with E-state index < -0.39 is 0 Å². The van der Waals surface area contributed by atoms with Crippen LogP contribution in [0.4, 0.5) is 0 Å². The van der Waals surface area contributed by atoms with Crippen LogP contribution in [0.15, 0.2) is 48.5 Å². The lowest BCUT2D eigenvalue weighted by Gasteiger charge is -2.13. The summed E-state index contributed by atoms with van der Waals surface area (Å²) in [5, 5.41) is 4.24. The van der Waals surface area contributed by atoms with E-state index in [4.69, 9.17) is 4.74 Å². The number of Topliss-reactive ketones (excluding diaryl/α,β-unsaturated/α-hetero) is 1. The molecule has 0 N–H and O–H groups in total. The van der Waals surface area contributed by atoms with Gasteiger partial charge >= 0.3 is 0 Å². The van der Waals surface area contributed by atoms with Crippen LogP contribution in [-0.2, 0) is 0 Å². The van der Waals surface area contributed by atoms with Crippen LogP contribution < -0.4 is 4.74 Å². The van der Waals surface area contributed by atoms with Crippen molar-refractivity contribution in [3.63, 3.8) is 0 Å². The molecule has 23 heavy (non-hydrogen) atoms. The fourth-order valence-electron chi connectivity index (χ4n) is 2.81. The third-order valence-electron chi connectivity index (χ3n) is 3.83. The van der Waals surface area contributed by atoms with Gasteiger partial charge in [0.1, 0.15) is 5.75 Å². The van der Waals surface area contributed by atoms with Gasteiger partial charge in [-0.05, 0) is 53.8 Å². The van der Waals surface area contributed by atoms with Crippen molar-refractivity contribution in [3.8, 4) is 5.75 Å². The Kier molecular flexibility index (Phi) is 5.24. The Bertz CT molecular complexity index is 858. The van der Waals surface area contributed by atoms with Crippen molar-refractivity contribution in [3.05, 3.63) is 54.1 Å². The molecular weight excluding hydrogens is 310 g/mol. The first-order valence-corrected chi connectivity index (χ1v) is 7.27. The molecule has 0 unspecified atom stereocenters. The van der Waals surface area contributed by atoms with Crippen LogP contribution in [0, 0.1) is 0 Å². The molecule has 3 nitrogen and oxygen atoms in total. The number of rotatable bonds is 4. The van der Waals surface area contributed by atoms with E-state index in [2.05, 4.69) is 6.07 Å². The number of methoxy groups -OCH3 is 1. The average molecular weight is 330 g/mol. The zero-order valence-corrected chi connectivity index (χ0v) is 14.3. The molecule has 0 fully saturated rings. The SMILES string of the molecule is COc1ccc2cc(C(=O)CN(C)C)c3ccccc3c2c1.Cl. The van der Waals surface area contributed by atoms with E-state index in [1.54, 1.807) is 7.11 Å². The number of ether oxygens (including phenoxy) is 1. The predicted molar refractivity (Wildman–Crippen MR) is 98.1 cm³/mol. The van der Waals surface area contributed by atoms with Crippen molar-refractivity contribution in [2.24, 2.45) is 0 Å². The lowest BCUT2D eigenvalue weighted by Crippen LogP contribution is -2.21. The standard InChI is InChI=1S/C19H19NO2.ClH/c1-20(2)12-19(21)18-10-13-8-9-14(22-3)11-17(13)15-6-4-5-7-16(15)18;/h4-11H,12H2,1-3H3;1H. The molecule has 3 rings (SSSR count). The number of ketones is 1. The molecule has 0 aromatic heterocycles. The largest absolute Gasteiger partial charge is 0.497 e. The molecule has 0 saturated heterocycles. The van der Waals surface area contributed by atoms with Crippen LogP contribution in [0.25, 0.3) is 21.5 Å². The maximum atomic E-state index is 12.6. The van der Waals surface area contributed by atoms with Gasteiger partial charge in [-0.15, -0.1) is 12.4 Å². The Morgan fingerprint density at radius 2 is 1.70 bits per heavy atom. The van der Waals surface area contributed by atoms with Crippen LogP contribution >= 0.6 is 12.4 Å². The molecule has 0 atom stereocenters. The van der Waals surface area contributed by atoms with Crippen LogP contribution in [0.2, 0.25) is 0 Å². The number of fused-ring (bicyclic) bond motifs is 3. The number of carbonyl (C=O) groups excluding carboxylic acids is 1. The maximum Gasteiger partial charge on any atom is 0.177 e. The van der Waals surface area contributed by atoms with Gasteiger partial charge in [0, 0.05) is 5.56 Å². The van der Waals surface area contributed by atoms with Crippen LogP contribution in [0.5, 0.6) is 5.75 Å². The predicted octanol–water partition coefficient (Wildman–Crippen LogP) is 4.17. The van der Waals surface area contributed by atoms with E-state index >= 15 is 0 Å². The van der Waals surface area contributed by atoms with E-state index in [9.17, 15) is 4.79 Å². The number of nitrogens with zero attached hydrogens (tertiary/aromatic N) is 1. The fraction of sp³-hybridized carbons (Fsp3) is 0.211. The quantitative estimate of drug-likeness (QED) is 0.531. The van der Waals surface area contributed by atoms with Crippen LogP contribution in [0.3, 0.4) is 0 Å². The van der Waals surface area contributed by atoms with Crippen molar-refractivity contribution in [2.45, 2.75) is 0 Å². The summed E-state index contributed by atoms with van der Waals surface area (Å²) in [7, 11) is 5.48. The topological polar surface area (TPSA) is 29.5 Å². The molecule has 0 radical (unpaired) electrons. The van der Waals surface area contributed by atoms with Gasteiger partial charge in [-0.2, -0.15) is 0 Å². The lowest BCUT2D eigenvalue weighted by molar-refractivity contribution is 0.0959. The number of benzene rings is 3. The lowest BCUT2D eigenvalue weighted by atomic mass is 9.95. The van der Waals surface area contributed by atoms with Crippen LogP contribution in [-0.4, -0.2) is 38.4 Å². The molecule has 0 bridgehead atoms. The molecule has 0 saturated carbocycles. The highest BCUT2D eigenvalue weighted by atomic mass is 35.5. The summed E-state index contributed by atoms with van der Waals surface area (Å²) in [6.45, 7) is 0.408. The van der Waals surface area contributed by atoms with Gasteiger partial charge in [-0.3, -0.25) is 4.79 Å². The molecule has 0 aliphatic carbocycles. The van der Waals surface area contributed by atoms with Crippen molar-refractivity contribution in [2.75, 3.05) is 27.7 Å². The summed E-state index contributed by atoms with van der Waals surface area (Å²) in [5.74, 6) is 0.962. The smallest absolute Gasteiger partial charge is 0.177 e. The third-order valence-corrected chi connectivity index (χ3v) is 3.83. The van der Waals surface area contributed by atoms with Gasteiger partial charge in [0.2, 0.25) is 0 Å². The Morgan fingerprint density at radius 1 is 1.00 bits per heavy atom. The summed E-state index contributed by atoms with van der Waals surface area (Å²) < 4.78 is 5.33. The molecule has 0 aliphatic rings. The molecule has 4 heteroatoms. The summed E-state index contributed by atoms with van der Waals surface area (Å²) in [6.07, 6.45) is 0. The molecule has 3 aromatic carbocycles. The van der Waals surface area contributed by atoms with E-state index in [0.717, 1.165) is 32.9 Å². The first kappa shape index (κ1) is 17.3. The fourth-order valence-corrected chi connectivity index (χ4v) is 2.81. The summed E-state index contributed by atoms with van der Waals surface area (Å²) in [5.41, 5.74) is 0.780. The average Bonchev–Trinajstić information content (AvgIpc) is 2.53. The van der Waals surface area contributed by atoms with E-state index in [1.165, 1.54) is 0 Å². The number of likely N-dealkylation sites (N-methyl/N-ethyl adjacent to an activating group) is 1. The molecule has 120 valence electrons. The zero-order valence-electron chi connectivity index (χ0n) is 13.5. The van der Waals surface area contributed by atoms with Gasteiger partial charge in [0.05, 0.1) is 13.7 Å². The highest BCUT2D eigenvalue weighted by Crippen LogP contribution is 2.31. The van der Waals surface area contributed by atoms with Crippen molar-refractivity contribution in [1.29, 1.82) is 0 Å². The molecule has 0 amide bonds. The normalized spacial score (nSPS) is 10.8. The molecular formula is C19H20ClNO2. The Labute approximate surface area is 142 Å². The van der Waals surface area contributed by atoms with Crippen LogP contribution in [0.1, 0.15) is 10.4 Å². The highest BCUT2D eigenvalue weighted by Gasteiger charge is 2.14. The number of carbonyl (C=O) groups is 1. The van der Waals surface area contributed by atoms with E-state index in [-0.39, 0.29) is 18.2 Å². The summed E-state index contributed by atoms with van der Waals surface area (Å²) >= 11 is 0. The number of hydrogen-bond acceptors (Lipinski definition) is 3. The second-order valence-electron chi connectivity index (χ2n) is 5.72. The van der Waals surface area contributed by atoms with Crippen molar-refractivity contribution < 1.29 is 9.53 Å². The second kappa shape index (κ2) is 6.99. The number of hydrogen-bond donors (Lipinski definition) is 0. The molecule has 0 heterocycles. The first-order chi connectivity index (χ1) is 10.6. The van der Waals surface area contributed by atoms with E-state index in [1.807, 2.05) is 61.5 Å². The summed E-state index contributed by atoms with van der Waals surface area (Å²) in [6, 6.07) is 16.0. The zero-order chi connectivity index (χ0) is 15.7. The molecule has 0 spiro atoms. The summed E-state index contributed by atoms with van der Waals surface area (Å²) in [4.78, 5) is 14.5. The minimum Gasteiger partial charge on any atom is -0.497 e. The van der Waals surface area contributed by atoms with Gasteiger partial charge < -0.3 is 9.64 Å². The highest BCUT2D eigenvalue weighted by molar-refractivity contribution is 6.18. The van der Waals surface area contributed by atoms with Gasteiger partial charge in [-0.25, -0.2) is 0 Å². The van der Waals surface area contributed by atoms with Crippen molar-refractivity contribution in [1.82, 2.24) is 4.90 Å².